The molecule has 1 N–H and O–H groups in total. The van der Waals surface area contributed by atoms with Gasteiger partial charge >= 0.3 is 0 Å². The maximum absolute atomic E-state index is 12.4. The highest BCUT2D eigenvalue weighted by Gasteiger charge is 2.24. The molecule has 0 atom stereocenters. The molecule has 3 rings (SSSR count). The average molecular weight is 351 g/mol. The molecule has 0 saturated heterocycles. The second kappa shape index (κ2) is 6.02. The lowest BCUT2D eigenvalue weighted by Crippen LogP contribution is -2.23. The van der Waals surface area contributed by atoms with Crippen molar-refractivity contribution in [2.24, 2.45) is 5.10 Å². The zero-order valence-corrected chi connectivity index (χ0v) is 13.3. The molecule has 8 heteroatoms. The van der Waals surface area contributed by atoms with Crippen molar-refractivity contribution in [1.29, 1.82) is 0 Å². The maximum Gasteiger partial charge on any atom is 0.275 e. The average Bonchev–Trinajstić information content (AvgIpc) is 2.67. The van der Waals surface area contributed by atoms with Crippen LogP contribution in [0, 0.1) is 0 Å². The van der Waals surface area contributed by atoms with E-state index in [2.05, 4.69) is 10.5 Å². The van der Waals surface area contributed by atoms with Crippen molar-refractivity contribution in [2.75, 3.05) is 5.75 Å². The second-order valence-electron chi connectivity index (χ2n) is 4.76. The van der Waals surface area contributed by atoms with Gasteiger partial charge in [-0.05, 0) is 36.4 Å². The lowest BCUT2D eigenvalue weighted by atomic mass is 10.2. The number of carbonyl (C=O) groups is 1. The number of hydrogen-bond acceptors (Lipinski definition) is 5. The van der Waals surface area contributed by atoms with E-state index in [1.54, 1.807) is 24.3 Å². The van der Waals surface area contributed by atoms with Gasteiger partial charge in [0, 0.05) is 5.02 Å². The van der Waals surface area contributed by atoms with E-state index in [1.807, 2.05) is 0 Å². The van der Waals surface area contributed by atoms with Crippen LogP contribution in [0.5, 0.6) is 5.75 Å². The van der Waals surface area contributed by atoms with Gasteiger partial charge in [0.05, 0.1) is 10.5 Å². The van der Waals surface area contributed by atoms with E-state index >= 15 is 0 Å². The van der Waals surface area contributed by atoms with Crippen molar-refractivity contribution < 1.29 is 17.9 Å². The molecule has 2 aromatic rings. The van der Waals surface area contributed by atoms with Gasteiger partial charge in [0.15, 0.2) is 9.84 Å². The SMILES string of the molecule is O=C1NN=C(CS(=O)(=O)c2ccc(Cl)cc2)Oc2ccccc21. The van der Waals surface area contributed by atoms with E-state index < -0.39 is 21.5 Å². The summed E-state index contributed by atoms with van der Waals surface area (Å²) in [5, 5.41) is 4.17. The Bertz CT molecular complexity index is 892. The number of nitrogens with zero attached hydrogens (tertiary/aromatic N) is 1. The number of hydrazone groups is 1. The first kappa shape index (κ1) is 15.5. The predicted octanol–water partition coefficient (Wildman–Crippen LogP) is 2.25. The first-order valence-electron chi connectivity index (χ1n) is 6.58. The third kappa shape index (κ3) is 3.35. The number of hydrogen-bond donors (Lipinski definition) is 1. The van der Waals surface area contributed by atoms with E-state index in [0.29, 0.717) is 5.02 Å². The van der Waals surface area contributed by atoms with Crippen LogP contribution in [0.2, 0.25) is 5.02 Å². The number of benzene rings is 2. The number of amides is 1. The molecule has 0 bridgehead atoms. The Morgan fingerprint density at radius 2 is 1.78 bits per heavy atom. The zero-order valence-electron chi connectivity index (χ0n) is 11.7. The molecular weight excluding hydrogens is 340 g/mol. The van der Waals surface area contributed by atoms with Crippen molar-refractivity contribution >= 4 is 33.2 Å². The molecule has 0 saturated carbocycles. The topological polar surface area (TPSA) is 84.8 Å². The van der Waals surface area contributed by atoms with Gasteiger partial charge in [-0.2, -0.15) is 0 Å². The molecule has 23 heavy (non-hydrogen) atoms. The van der Waals surface area contributed by atoms with Crippen LogP contribution >= 0.6 is 11.6 Å². The fourth-order valence-electron chi connectivity index (χ4n) is 2.02. The van der Waals surface area contributed by atoms with Crippen molar-refractivity contribution in [3.63, 3.8) is 0 Å². The first-order chi connectivity index (χ1) is 11.0. The van der Waals surface area contributed by atoms with Gasteiger partial charge in [-0.15, -0.1) is 5.10 Å². The highest BCUT2D eigenvalue weighted by atomic mass is 35.5. The largest absolute Gasteiger partial charge is 0.439 e. The standard InChI is InChI=1S/C15H11ClN2O4S/c16-10-5-7-11(8-6-10)23(20,21)9-14-17-18-15(19)12-3-1-2-4-13(12)22-14/h1-8H,9H2,(H,18,19). The Hall–Kier alpha value is -2.38. The summed E-state index contributed by atoms with van der Waals surface area (Å²) in [5.41, 5.74) is 2.56. The Kier molecular flexibility index (Phi) is 4.06. The number of halogens is 1. The number of carbonyl (C=O) groups excluding carboxylic acids is 1. The zero-order chi connectivity index (χ0) is 16.4. The predicted molar refractivity (Wildman–Crippen MR) is 85.5 cm³/mol. The molecule has 0 radical (unpaired) electrons. The summed E-state index contributed by atoms with van der Waals surface area (Å²) in [7, 11) is -3.68. The van der Waals surface area contributed by atoms with Gasteiger partial charge in [0.2, 0.25) is 5.90 Å². The second-order valence-corrected chi connectivity index (χ2v) is 7.18. The number of fused-ring (bicyclic) bond motifs is 1. The number of para-hydroxylation sites is 1. The lowest BCUT2D eigenvalue weighted by Gasteiger charge is -2.08. The molecule has 2 aromatic carbocycles. The van der Waals surface area contributed by atoms with E-state index in [4.69, 9.17) is 16.3 Å². The fraction of sp³-hybridized carbons (Fsp3) is 0.0667. The van der Waals surface area contributed by atoms with Crippen LogP contribution in [-0.2, 0) is 9.84 Å². The minimum Gasteiger partial charge on any atom is -0.439 e. The Morgan fingerprint density at radius 1 is 1.09 bits per heavy atom. The molecule has 0 fully saturated rings. The van der Waals surface area contributed by atoms with Gasteiger partial charge < -0.3 is 4.74 Å². The Morgan fingerprint density at radius 3 is 2.52 bits per heavy atom. The van der Waals surface area contributed by atoms with Crippen LogP contribution in [0.1, 0.15) is 10.4 Å². The smallest absolute Gasteiger partial charge is 0.275 e. The van der Waals surface area contributed by atoms with Crippen LogP contribution in [0.15, 0.2) is 58.5 Å². The maximum atomic E-state index is 12.4. The normalized spacial score (nSPS) is 14.1. The summed E-state index contributed by atoms with van der Waals surface area (Å²) in [6, 6.07) is 12.3. The van der Waals surface area contributed by atoms with E-state index in [-0.39, 0.29) is 22.1 Å². The monoisotopic (exact) mass is 350 g/mol. The van der Waals surface area contributed by atoms with Crippen LogP contribution < -0.4 is 10.2 Å². The first-order valence-corrected chi connectivity index (χ1v) is 8.61. The van der Waals surface area contributed by atoms with Gasteiger partial charge in [-0.25, -0.2) is 13.8 Å². The lowest BCUT2D eigenvalue weighted by molar-refractivity contribution is 0.0955. The number of ether oxygens (including phenoxy) is 1. The van der Waals surface area contributed by atoms with Crippen molar-refractivity contribution in [2.45, 2.75) is 4.90 Å². The molecule has 0 aromatic heterocycles. The molecule has 1 amide bonds. The molecule has 6 nitrogen and oxygen atoms in total. The molecule has 118 valence electrons. The van der Waals surface area contributed by atoms with Crippen LogP contribution in [-0.4, -0.2) is 26.0 Å². The summed E-state index contributed by atoms with van der Waals surface area (Å²) in [6.07, 6.45) is 0. The Balaban J connectivity index is 1.88. The molecule has 0 spiro atoms. The van der Waals surface area contributed by atoms with Crippen molar-refractivity contribution in [3.8, 4) is 5.75 Å². The van der Waals surface area contributed by atoms with E-state index in [1.165, 1.54) is 24.3 Å². The van der Waals surface area contributed by atoms with E-state index in [0.717, 1.165) is 0 Å². The van der Waals surface area contributed by atoms with Gasteiger partial charge in [-0.1, -0.05) is 23.7 Å². The quantitative estimate of drug-likeness (QED) is 0.920. The summed E-state index contributed by atoms with van der Waals surface area (Å²) in [4.78, 5) is 12.0. The molecule has 0 unspecified atom stereocenters. The van der Waals surface area contributed by atoms with Crippen LogP contribution in [0.4, 0.5) is 0 Å². The Labute approximate surface area is 137 Å². The number of nitrogens with one attached hydrogen (secondary N) is 1. The highest BCUT2D eigenvalue weighted by Crippen LogP contribution is 2.21. The van der Waals surface area contributed by atoms with Gasteiger partial charge in [0.1, 0.15) is 11.5 Å². The van der Waals surface area contributed by atoms with Crippen LogP contribution in [0.25, 0.3) is 0 Å². The van der Waals surface area contributed by atoms with Crippen molar-refractivity contribution in [3.05, 3.63) is 59.1 Å². The van der Waals surface area contributed by atoms with Crippen LogP contribution in [0.3, 0.4) is 0 Å². The third-order valence-electron chi connectivity index (χ3n) is 3.13. The summed E-state index contributed by atoms with van der Waals surface area (Å²) >= 11 is 5.76. The number of rotatable bonds is 3. The minimum absolute atomic E-state index is 0.0945. The minimum atomic E-state index is -3.68. The summed E-state index contributed by atoms with van der Waals surface area (Å²) in [6.45, 7) is 0. The third-order valence-corrected chi connectivity index (χ3v) is 5.00. The molecule has 0 aliphatic carbocycles. The van der Waals surface area contributed by atoms with Crippen molar-refractivity contribution in [1.82, 2.24) is 5.43 Å². The molecule has 1 aliphatic heterocycles. The summed E-state index contributed by atoms with van der Waals surface area (Å²) < 4.78 is 30.3. The van der Waals surface area contributed by atoms with Gasteiger partial charge in [-0.3, -0.25) is 4.79 Å². The highest BCUT2D eigenvalue weighted by molar-refractivity contribution is 7.92. The van der Waals surface area contributed by atoms with E-state index in [9.17, 15) is 13.2 Å². The summed E-state index contributed by atoms with van der Waals surface area (Å²) in [5.74, 6) is -0.797. The molecular formula is C15H11ClN2O4S. The number of sulfone groups is 1. The fourth-order valence-corrected chi connectivity index (χ4v) is 3.31. The van der Waals surface area contributed by atoms with Gasteiger partial charge in [0.25, 0.3) is 5.91 Å². The molecule has 1 heterocycles. The molecule has 1 aliphatic rings.